The van der Waals surface area contributed by atoms with Crippen LogP contribution in [-0.2, 0) is 12.8 Å². The lowest BCUT2D eigenvalue weighted by atomic mass is 9.99. The molecule has 18 heavy (non-hydrogen) atoms. The Bertz CT molecular complexity index is 593. The Morgan fingerprint density at radius 2 is 2.00 bits per heavy atom. The summed E-state index contributed by atoms with van der Waals surface area (Å²) in [4.78, 5) is 0. The Hall–Kier alpha value is -1.83. The predicted octanol–water partition coefficient (Wildman–Crippen LogP) is 3.47. The molecule has 92 valence electrons. The molecule has 1 aliphatic carbocycles. The number of fused-ring (bicyclic) bond motifs is 1. The van der Waals surface area contributed by atoms with Crippen molar-refractivity contribution in [3.05, 3.63) is 59.4 Å². The zero-order valence-corrected chi connectivity index (χ0v) is 11.0. The summed E-state index contributed by atoms with van der Waals surface area (Å²) in [5.74, 6) is 0.590. The third-order valence-electron chi connectivity index (χ3n) is 3.88. The molecule has 1 aliphatic rings. The number of hydrogen-bond acceptors (Lipinski definition) is 1. The van der Waals surface area contributed by atoms with Crippen molar-refractivity contribution in [2.24, 2.45) is 5.92 Å². The lowest BCUT2D eigenvalue weighted by Gasteiger charge is -2.10. The topological polar surface area (TPSA) is 17.8 Å². The molecule has 1 aromatic carbocycles. The van der Waals surface area contributed by atoms with E-state index in [0.29, 0.717) is 5.92 Å². The number of rotatable bonds is 2. The molecule has 2 aromatic rings. The second-order valence-electron chi connectivity index (χ2n) is 5.21. The molecule has 0 spiro atoms. The van der Waals surface area contributed by atoms with E-state index in [-0.39, 0.29) is 0 Å². The molecule has 3 rings (SSSR count). The van der Waals surface area contributed by atoms with Crippen LogP contribution in [0, 0.1) is 12.8 Å². The van der Waals surface area contributed by atoms with Gasteiger partial charge in [0.1, 0.15) is 0 Å². The van der Waals surface area contributed by atoms with Gasteiger partial charge in [-0.25, -0.2) is 4.68 Å². The Morgan fingerprint density at radius 3 is 2.67 bits per heavy atom. The van der Waals surface area contributed by atoms with Crippen LogP contribution in [0.15, 0.2) is 42.5 Å². The zero-order valence-electron chi connectivity index (χ0n) is 11.0. The molecule has 1 aromatic heterocycles. The minimum Gasteiger partial charge on any atom is -0.237 e. The number of nitrogens with zero attached hydrogens (tertiary/aromatic N) is 2. The summed E-state index contributed by atoms with van der Waals surface area (Å²) in [6.07, 6.45) is 2.17. The van der Waals surface area contributed by atoms with E-state index in [1.54, 1.807) is 0 Å². The lowest BCUT2D eigenvalue weighted by molar-refractivity contribution is 0.631. The van der Waals surface area contributed by atoms with Crippen molar-refractivity contribution in [1.29, 1.82) is 0 Å². The molecular weight excluding hydrogens is 220 g/mol. The second-order valence-corrected chi connectivity index (χ2v) is 5.21. The molecule has 0 saturated heterocycles. The van der Waals surface area contributed by atoms with Crippen LogP contribution in [-0.4, -0.2) is 9.78 Å². The van der Waals surface area contributed by atoms with Crippen LogP contribution in [0.3, 0.4) is 0 Å². The molecule has 0 radical (unpaired) electrons. The molecule has 1 heterocycles. The fraction of sp³-hybridized carbons (Fsp3) is 0.312. The predicted molar refractivity (Wildman–Crippen MR) is 74.0 cm³/mol. The smallest absolute Gasteiger partial charge is 0.0649 e. The molecular formula is C16H18N2. The third kappa shape index (κ3) is 1.69. The highest BCUT2D eigenvalue weighted by Crippen LogP contribution is 2.33. The summed E-state index contributed by atoms with van der Waals surface area (Å²) in [7, 11) is 0. The van der Waals surface area contributed by atoms with Gasteiger partial charge in [-0.1, -0.05) is 30.4 Å². The summed E-state index contributed by atoms with van der Waals surface area (Å²) in [5.41, 5.74) is 6.39. The van der Waals surface area contributed by atoms with E-state index in [1.165, 1.54) is 16.8 Å². The number of aromatic nitrogens is 2. The van der Waals surface area contributed by atoms with Gasteiger partial charge < -0.3 is 0 Å². The average Bonchev–Trinajstić information content (AvgIpc) is 2.92. The largest absolute Gasteiger partial charge is 0.237 e. The normalized spacial score (nSPS) is 17.8. The van der Waals surface area contributed by atoms with Crippen molar-refractivity contribution in [3.8, 4) is 5.69 Å². The average molecular weight is 238 g/mol. The van der Waals surface area contributed by atoms with Gasteiger partial charge in [0, 0.05) is 5.69 Å². The number of benzene rings is 1. The van der Waals surface area contributed by atoms with Crippen molar-refractivity contribution in [1.82, 2.24) is 9.78 Å². The Balaban J connectivity index is 2.06. The second kappa shape index (κ2) is 4.13. The Labute approximate surface area is 108 Å². The summed E-state index contributed by atoms with van der Waals surface area (Å²) in [6.45, 7) is 8.34. The van der Waals surface area contributed by atoms with Gasteiger partial charge in [0.15, 0.2) is 0 Å². The van der Waals surface area contributed by atoms with Crippen LogP contribution >= 0.6 is 0 Å². The van der Waals surface area contributed by atoms with Crippen molar-refractivity contribution in [3.63, 3.8) is 0 Å². The monoisotopic (exact) mass is 238 g/mol. The summed E-state index contributed by atoms with van der Waals surface area (Å²) < 4.78 is 2.10. The first kappa shape index (κ1) is 11.3. The van der Waals surface area contributed by atoms with E-state index in [1.807, 2.05) is 6.07 Å². The van der Waals surface area contributed by atoms with Gasteiger partial charge in [-0.2, -0.15) is 5.10 Å². The van der Waals surface area contributed by atoms with E-state index in [4.69, 9.17) is 0 Å². The molecule has 0 aliphatic heterocycles. The van der Waals surface area contributed by atoms with Crippen LogP contribution in [0.4, 0.5) is 0 Å². The molecule has 0 amide bonds. The standard InChI is InChI=1S/C16H18N2/c1-11(2)13-9-15-12(3)17-18(16(15)10-13)14-7-5-4-6-8-14/h4-8,13H,1,9-10H2,2-3H3/t13-/m0/s1. The fourth-order valence-electron chi connectivity index (χ4n) is 2.77. The van der Waals surface area contributed by atoms with E-state index in [0.717, 1.165) is 24.2 Å². The highest BCUT2D eigenvalue weighted by atomic mass is 15.3. The maximum atomic E-state index is 4.68. The highest BCUT2D eigenvalue weighted by Gasteiger charge is 2.28. The van der Waals surface area contributed by atoms with Gasteiger partial charge >= 0.3 is 0 Å². The zero-order chi connectivity index (χ0) is 12.7. The first-order valence-corrected chi connectivity index (χ1v) is 6.45. The molecule has 0 bridgehead atoms. The van der Waals surface area contributed by atoms with E-state index in [2.05, 4.69) is 54.5 Å². The van der Waals surface area contributed by atoms with E-state index >= 15 is 0 Å². The van der Waals surface area contributed by atoms with Gasteiger partial charge in [0.25, 0.3) is 0 Å². The summed E-state index contributed by atoms with van der Waals surface area (Å²) in [6, 6.07) is 10.4. The van der Waals surface area contributed by atoms with Gasteiger partial charge in [0.2, 0.25) is 0 Å². The number of allylic oxidation sites excluding steroid dienone is 1. The Morgan fingerprint density at radius 1 is 1.28 bits per heavy atom. The molecule has 2 heteroatoms. The third-order valence-corrected chi connectivity index (χ3v) is 3.88. The fourth-order valence-corrected chi connectivity index (χ4v) is 2.77. The van der Waals surface area contributed by atoms with Crippen LogP contribution in [0.2, 0.25) is 0 Å². The van der Waals surface area contributed by atoms with Crippen molar-refractivity contribution < 1.29 is 0 Å². The van der Waals surface area contributed by atoms with Crippen molar-refractivity contribution in [2.75, 3.05) is 0 Å². The van der Waals surface area contributed by atoms with Crippen LogP contribution in [0.1, 0.15) is 23.9 Å². The van der Waals surface area contributed by atoms with Gasteiger partial charge in [0.05, 0.1) is 11.4 Å². The number of para-hydroxylation sites is 1. The van der Waals surface area contributed by atoms with E-state index in [9.17, 15) is 0 Å². The van der Waals surface area contributed by atoms with Crippen LogP contribution < -0.4 is 0 Å². The minimum absolute atomic E-state index is 0.590. The molecule has 2 nitrogen and oxygen atoms in total. The first-order valence-electron chi connectivity index (χ1n) is 6.45. The van der Waals surface area contributed by atoms with Crippen LogP contribution in [0.25, 0.3) is 5.69 Å². The quantitative estimate of drug-likeness (QED) is 0.732. The minimum atomic E-state index is 0.590. The molecule has 0 saturated carbocycles. The van der Waals surface area contributed by atoms with Gasteiger partial charge in [-0.05, 0) is 50.3 Å². The maximum absolute atomic E-state index is 4.68. The van der Waals surface area contributed by atoms with Crippen LogP contribution in [0.5, 0.6) is 0 Å². The van der Waals surface area contributed by atoms with Gasteiger partial charge in [-0.3, -0.25) is 0 Å². The Kier molecular flexibility index (Phi) is 2.58. The number of hydrogen-bond donors (Lipinski definition) is 0. The van der Waals surface area contributed by atoms with Crippen molar-refractivity contribution in [2.45, 2.75) is 26.7 Å². The van der Waals surface area contributed by atoms with Crippen molar-refractivity contribution >= 4 is 0 Å². The molecule has 0 fully saturated rings. The highest BCUT2D eigenvalue weighted by molar-refractivity contribution is 5.41. The summed E-state index contributed by atoms with van der Waals surface area (Å²) in [5, 5.41) is 4.68. The summed E-state index contributed by atoms with van der Waals surface area (Å²) >= 11 is 0. The lowest BCUT2D eigenvalue weighted by Crippen LogP contribution is -2.06. The molecule has 1 atom stereocenters. The first-order chi connectivity index (χ1) is 8.66. The van der Waals surface area contributed by atoms with Gasteiger partial charge in [-0.15, -0.1) is 0 Å². The van der Waals surface area contributed by atoms with E-state index < -0.39 is 0 Å². The molecule has 0 N–H and O–H groups in total. The SMILES string of the molecule is C=C(C)[C@H]1Cc2c(C)nn(-c3ccccc3)c2C1. The maximum Gasteiger partial charge on any atom is 0.0649 e. The molecule has 0 unspecified atom stereocenters. The number of aryl methyl sites for hydroxylation is 1.